The Morgan fingerprint density at radius 1 is 1.00 bits per heavy atom. The van der Waals surface area contributed by atoms with Crippen LogP contribution in [0.4, 0.5) is 11.5 Å². The van der Waals surface area contributed by atoms with Crippen molar-refractivity contribution in [3.63, 3.8) is 0 Å². The number of anilines is 2. The van der Waals surface area contributed by atoms with Gasteiger partial charge < -0.3 is 10.1 Å². The van der Waals surface area contributed by atoms with Gasteiger partial charge in [-0.3, -0.25) is 4.68 Å². The number of ether oxygens (including phenoxy) is 1. The molecule has 1 atom stereocenters. The summed E-state index contributed by atoms with van der Waals surface area (Å²) in [7, 11) is 1.67. The Bertz CT molecular complexity index is 1080. The van der Waals surface area contributed by atoms with Crippen LogP contribution >= 0.6 is 11.6 Å². The van der Waals surface area contributed by atoms with E-state index in [2.05, 4.69) is 24.4 Å². The van der Waals surface area contributed by atoms with Crippen molar-refractivity contribution in [1.29, 1.82) is 0 Å². The summed E-state index contributed by atoms with van der Waals surface area (Å²) in [6, 6.07) is 24.1. The molecule has 0 amide bonds. The van der Waals surface area contributed by atoms with Crippen molar-refractivity contribution in [3.8, 4) is 5.75 Å². The minimum atomic E-state index is 0.0945. The van der Waals surface area contributed by atoms with Gasteiger partial charge in [-0.05, 0) is 48.9 Å². The maximum absolute atomic E-state index is 6.13. The highest BCUT2D eigenvalue weighted by Crippen LogP contribution is 2.33. The molecule has 4 nitrogen and oxygen atoms in total. The standard InChI is InChI=1S/C22H20ClN3O/c1-15(16-7-4-3-5-8-16)26-21-12-11-19(27-2)14-20(21)22(25-26)24-18-10-6-9-17(23)13-18/h3-15H,1-2H3,(H,24,25). The fourth-order valence-corrected chi connectivity index (χ4v) is 3.40. The van der Waals surface area contributed by atoms with Crippen LogP contribution < -0.4 is 10.1 Å². The molecule has 0 fully saturated rings. The molecule has 0 saturated carbocycles. The van der Waals surface area contributed by atoms with Crippen LogP contribution in [0.2, 0.25) is 5.02 Å². The molecule has 0 aliphatic rings. The highest BCUT2D eigenvalue weighted by atomic mass is 35.5. The van der Waals surface area contributed by atoms with Gasteiger partial charge in [0, 0.05) is 16.1 Å². The largest absolute Gasteiger partial charge is 0.497 e. The van der Waals surface area contributed by atoms with Crippen LogP contribution in [0.3, 0.4) is 0 Å². The number of hydrogen-bond donors (Lipinski definition) is 1. The Morgan fingerprint density at radius 2 is 1.81 bits per heavy atom. The lowest BCUT2D eigenvalue weighted by Gasteiger charge is -2.14. The summed E-state index contributed by atoms with van der Waals surface area (Å²) in [6.07, 6.45) is 0. The number of rotatable bonds is 5. The Hall–Kier alpha value is -2.98. The Balaban J connectivity index is 1.83. The van der Waals surface area contributed by atoms with E-state index in [0.29, 0.717) is 5.02 Å². The van der Waals surface area contributed by atoms with Crippen molar-refractivity contribution < 1.29 is 4.74 Å². The third-order valence-corrected chi connectivity index (χ3v) is 4.88. The van der Waals surface area contributed by atoms with E-state index in [1.807, 2.05) is 65.3 Å². The van der Waals surface area contributed by atoms with E-state index in [0.717, 1.165) is 28.2 Å². The zero-order chi connectivity index (χ0) is 18.8. The number of halogens is 1. The molecule has 4 aromatic rings. The van der Waals surface area contributed by atoms with Crippen LogP contribution in [-0.2, 0) is 0 Å². The molecule has 1 unspecified atom stereocenters. The highest BCUT2D eigenvalue weighted by Gasteiger charge is 2.17. The third kappa shape index (κ3) is 3.49. The normalized spacial score (nSPS) is 12.1. The van der Waals surface area contributed by atoms with E-state index in [1.165, 1.54) is 5.56 Å². The zero-order valence-corrected chi connectivity index (χ0v) is 15.9. The number of benzene rings is 3. The number of fused-ring (bicyclic) bond motifs is 1. The van der Waals surface area contributed by atoms with Crippen molar-refractivity contribution in [1.82, 2.24) is 9.78 Å². The molecule has 3 aromatic carbocycles. The molecule has 27 heavy (non-hydrogen) atoms. The lowest BCUT2D eigenvalue weighted by Crippen LogP contribution is -2.08. The minimum Gasteiger partial charge on any atom is -0.497 e. The van der Waals surface area contributed by atoms with Crippen LogP contribution in [0, 0.1) is 0 Å². The predicted octanol–water partition coefficient (Wildman–Crippen LogP) is 6.05. The van der Waals surface area contributed by atoms with E-state index in [4.69, 9.17) is 21.4 Å². The van der Waals surface area contributed by atoms with E-state index < -0.39 is 0 Å². The second-order valence-electron chi connectivity index (χ2n) is 6.40. The van der Waals surface area contributed by atoms with Crippen LogP contribution in [0.15, 0.2) is 72.8 Å². The summed E-state index contributed by atoms with van der Waals surface area (Å²) in [5, 5.41) is 9.94. The van der Waals surface area contributed by atoms with Crippen molar-refractivity contribution >= 4 is 34.0 Å². The summed E-state index contributed by atoms with van der Waals surface area (Å²) in [4.78, 5) is 0. The fourth-order valence-electron chi connectivity index (χ4n) is 3.21. The van der Waals surface area contributed by atoms with Gasteiger partial charge in [-0.1, -0.05) is 48.0 Å². The topological polar surface area (TPSA) is 39.1 Å². The van der Waals surface area contributed by atoms with Crippen LogP contribution in [0.5, 0.6) is 5.75 Å². The molecule has 0 radical (unpaired) electrons. The molecular formula is C22H20ClN3O. The molecular weight excluding hydrogens is 358 g/mol. The predicted molar refractivity (Wildman–Crippen MR) is 111 cm³/mol. The van der Waals surface area contributed by atoms with Crippen LogP contribution in [0.1, 0.15) is 18.5 Å². The molecule has 1 aromatic heterocycles. The van der Waals surface area contributed by atoms with Gasteiger partial charge in [0.05, 0.1) is 18.7 Å². The summed E-state index contributed by atoms with van der Waals surface area (Å²) in [5.74, 6) is 1.57. The van der Waals surface area contributed by atoms with E-state index >= 15 is 0 Å². The summed E-state index contributed by atoms with van der Waals surface area (Å²) < 4.78 is 7.45. The van der Waals surface area contributed by atoms with Crippen LogP contribution in [-0.4, -0.2) is 16.9 Å². The SMILES string of the molecule is COc1ccc2c(c1)c(Nc1cccc(Cl)c1)nn2C(C)c1ccccc1. The molecule has 0 aliphatic heterocycles. The molecule has 0 aliphatic carbocycles. The Labute approximate surface area is 163 Å². The second kappa shape index (κ2) is 7.33. The summed E-state index contributed by atoms with van der Waals surface area (Å²) >= 11 is 6.13. The Kier molecular flexibility index (Phi) is 4.73. The average molecular weight is 378 g/mol. The number of methoxy groups -OCH3 is 1. The molecule has 4 rings (SSSR count). The molecule has 0 saturated heterocycles. The molecule has 5 heteroatoms. The lowest BCUT2D eigenvalue weighted by molar-refractivity contribution is 0.415. The summed E-state index contributed by atoms with van der Waals surface area (Å²) in [6.45, 7) is 2.15. The first-order valence-corrected chi connectivity index (χ1v) is 9.17. The highest BCUT2D eigenvalue weighted by molar-refractivity contribution is 6.30. The molecule has 0 spiro atoms. The fraction of sp³-hybridized carbons (Fsp3) is 0.136. The summed E-state index contributed by atoms with van der Waals surface area (Å²) in [5.41, 5.74) is 3.13. The van der Waals surface area contributed by atoms with Crippen molar-refractivity contribution in [2.45, 2.75) is 13.0 Å². The van der Waals surface area contributed by atoms with E-state index in [9.17, 15) is 0 Å². The molecule has 136 valence electrons. The van der Waals surface area contributed by atoms with Gasteiger partial charge in [-0.15, -0.1) is 0 Å². The van der Waals surface area contributed by atoms with Crippen molar-refractivity contribution in [3.05, 3.63) is 83.4 Å². The van der Waals surface area contributed by atoms with E-state index in [1.54, 1.807) is 7.11 Å². The minimum absolute atomic E-state index is 0.0945. The zero-order valence-electron chi connectivity index (χ0n) is 15.2. The van der Waals surface area contributed by atoms with Crippen molar-refractivity contribution in [2.75, 3.05) is 12.4 Å². The maximum atomic E-state index is 6.13. The first-order chi connectivity index (χ1) is 13.2. The van der Waals surface area contributed by atoms with Gasteiger partial charge in [-0.25, -0.2) is 0 Å². The van der Waals surface area contributed by atoms with Crippen LogP contribution in [0.25, 0.3) is 10.9 Å². The van der Waals surface area contributed by atoms with Gasteiger partial charge in [0.25, 0.3) is 0 Å². The number of hydrogen-bond acceptors (Lipinski definition) is 3. The molecule has 1 heterocycles. The maximum Gasteiger partial charge on any atom is 0.160 e. The van der Waals surface area contributed by atoms with Gasteiger partial charge in [0.15, 0.2) is 5.82 Å². The number of aromatic nitrogens is 2. The molecule has 1 N–H and O–H groups in total. The van der Waals surface area contributed by atoms with Gasteiger partial charge in [0.1, 0.15) is 5.75 Å². The third-order valence-electron chi connectivity index (χ3n) is 4.65. The lowest BCUT2D eigenvalue weighted by atomic mass is 10.1. The number of nitrogens with one attached hydrogen (secondary N) is 1. The monoisotopic (exact) mass is 377 g/mol. The first-order valence-electron chi connectivity index (χ1n) is 8.79. The Morgan fingerprint density at radius 3 is 2.56 bits per heavy atom. The van der Waals surface area contributed by atoms with Gasteiger partial charge in [-0.2, -0.15) is 5.10 Å². The smallest absolute Gasteiger partial charge is 0.160 e. The molecule has 0 bridgehead atoms. The second-order valence-corrected chi connectivity index (χ2v) is 6.83. The first kappa shape index (κ1) is 17.4. The van der Waals surface area contributed by atoms with Crippen molar-refractivity contribution in [2.24, 2.45) is 0 Å². The van der Waals surface area contributed by atoms with Gasteiger partial charge in [0.2, 0.25) is 0 Å². The number of nitrogens with zero attached hydrogens (tertiary/aromatic N) is 2. The van der Waals surface area contributed by atoms with Gasteiger partial charge >= 0.3 is 0 Å². The average Bonchev–Trinajstić information content (AvgIpc) is 3.05. The quantitative estimate of drug-likeness (QED) is 0.460. The van der Waals surface area contributed by atoms with E-state index in [-0.39, 0.29) is 6.04 Å².